The number of hydrogen-bond acceptors (Lipinski definition) is 4. The molecule has 1 aromatic heterocycles. The second kappa shape index (κ2) is 5.95. The SMILES string of the molecule is CN(C)CCCNS(=O)(=O)c1ccc(=O)[nH]c1. The first-order chi connectivity index (χ1) is 7.92. The highest BCUT2D eigenvalue weighted by molar-refractivity contribution is 7.89. The van der Waals surface area contributed by atoms with Gasteiger partial charge in [0.2, 0.25) is 15.6 Å². The maximum Gasteiger partial charge on any atom is 0.247 e. The van der Waals surface area contributed by atoms with E-state index in [9.17, 15) is 13.2 Å². The van der Waals surface area contributed by atoms with Crippen LogP contribution in [0.4, 0.5) is 0 Å². The van der Waals surface area contributed by atoms with Gasteiger partial charge >= 0.3 is 0 Å². The summed E-state index contributed by atoms with van der Waals surface area (Å²) >= 11 is 0. The van der Waals surface area contributed by atoms with Crippen molar-refractivity contribution in [1.29, 1.82) is 0 Å². The molecule has 7 heteroatoms. The van der Waals surface area contributed by atoms with Gasteiger partial charge in [0, 0.05) is 18.8 Å². The fourth-order valence-corrected chi connectivity index (χ4v) is 2.29. The first-order valence-electron chi connectivity index (χ1n) is 5.25. The Balaban J connectivity index is 2.57. The van der Waals surface area contributed by atoms with Crippen LogP contribution in [0.1, 0.15) is 6.42 Å². The quantitative estimate of drug-likeness (QED) is 0.681. The van der Waals surface area contributed by atoms with Crippen molar-refractivity contribution in [3.8, 4) is 0 Å². The van der Waals surface area contributed by atoms with Gasteiger partial charge in [-0.3, -0.25) is 4.79 Å². The lowest BCUT2D eigenvalue weighted by molar-refractivity contribution is 0.400. The number of nitrogens with one attached hydrogen (secondary N) is 2. The number of sulfonamides is 1. The van der Waals surface area contributed by atoms with Crippen molar-refractivity contribution in [2.75, 3.05) is 27.2 Å². The van der Waals surface area contributed by atoms with E-state index in [4.69, 9.17) is 0 Å². The Kier molecular flexibility index (Phi) is 4.86. The average Bonchev–Trinajstić information content (AvgIpc) is 2.25. The first-order valence-corrected chi connectivity index (χ1v) is 6.73. The van der Waals surface area contributed by atoms with E-state index in [1.807, 2.05) is 19.0 Å². The predicted octanol–water partition coefficient (Wildman–Crippen LogP) is -0.395. The fraction of sp³-hybridized carbons (Fsp3) is 0.500. The Labute approximate surface area is 101 Å². The van der Waals surface area contributed by atoms with Crippen LogP contribution < -0.4 is 10.3 Å². The number of H-pyrrole nitrogens is 1. The zero-order valence-electron chi connectivity index (χ0n) is 9.93. The van der Waals surface area contributed by atoms with Crippen LogP contribution in [0.2, 0.25) is 0 Å². The minimum atomic E-state index is -3.51. The van der Waals surface area contributed by atoms with E-state index in [-0.39, 0.29) is 10.5 Å². The Morgan fingerprint density at radius 3 is 2.59 bits per heavy atom. The first kappa shape index (κ1) is 13.9. The van der Waals surface area contributed by atoms with Crippen molar-refractivity contribution in [2.45, 2.75) is 11.3 Å². The zero-order valence-corrected chi connectivity index (χ0v) is 10.8. The van der Waals surface area contributed by atoms with E-state index in [1.165, 1.54) is 18.3 Å². The van der Waals surface area contributed by atoms with Crippen molar-refractivity contribution in [3.05, 3.63) is 28.7 Å². The fourth-order valence-electron chi connectivity index (χ4n) is 1.25. The molecule has 2 N–H and O–H groups in total. The lowest BCUT2D eigenvalue weighted by Gasteiger charge is -2.10. The average molecular weight is 259 g/mol. The van der Waals surface area contributed by atoms with Crippen LogP contribution >= 0.6 is 0 Å². The number of rotatable bonds is 6. The van der Waals surface area contributed by atoms with Crippen LogP contribution in [0.5, 0.6) is 0 Å². The number of aromatic amines is 1. The van der Waals surface area contributed by atoms with E-state index >= 15 is 0 Å². The molecule has 17 heavy (non-hydrogen) atoms. The van der Waals surface area contributed by atoms with Gasteiger partial charge < -0.3 is 9.88 Å². The molecular formula is C10H17N3O3S. The molecule has 0 fully saturated rings. The summed E-state index contributed by atoms with van der Waals surface area (Å²) in [5, 5.41) is 0. The Hall–Kier alpha value is -1.18. The molecular weight excluding hydrogens is 242 g/mol. The predicted molar refractivity (Wildman–Crippen MR) is 65.4 cm³/mol. The van der Waals surface area contributed by atoms with Crippen molar-refractivity contribution in [2.24, 2.45) is 0 Å². The number of nitrogens with zero attached hydrogens (tertiary/aromatic N) is 1. The van der Waals surface area contributed by atoms with Gasteiger partial charge in [-0.2, -0.15) is 0 Å². The summed E-state index contributed by atoms with van der Waals surface area (Å²) in [5.41, 5.74) is -0.323. The molecule has 6 nitrogen and oxygen atoms in total. The summed E-state index contributed by atoms with van der Waals surface area (Å²) in [5.74, 6) is 0. The van der Waals surface area contributed by atoms with Gasteiger partial charge in [-0.1, -0.05) is 0 Å². The van der Waals surface area contributed by atoms with Gasteiger partial charge in [-0.25, -0.2) is 13.1 Å². The molecule has 0 aliphatic carbocycles. The monoisotopic (exact) mass is 259 g/mol. The van der Waals surface area contributed by atoms with E-state index in [0.29, 0.717) is 6.54 Å². The topological polar surface area (TPSA) is 82.3 Å². The molecule has 1 aromatic rings. The van der Waals surface area contributed by atoms with E-state index in [0.717, 1.165) is 13.0 Å². The lowest BCUT2D eigenvalue weighted by Crippen LogP contribution is -2.27. The molecule has 0 aliphatic heterocycles. The third-order valence-electron chi connectivity index (χ3n) is 2.14. The van der Waals surface area contributed by atoms with Gasteiger partial charge in [-0.05, 0) is 33.1 Å². The molecule has 0 aliphatic rings. The molecule has 0 aromatic carbocycles. The molecule has 0 spiro atoms. The molecule has 1 heterocycles. The minimum absolute atomic E-state index is 0.0713. The largest absolute Gasteiger partial charge is 0.328 e. The third-order valence-corrected chi connectivity index (χ3v) is 3.60. The summed E-state index contributed by atoms with van der Waals surface area (Å²) in [6.07, 6.45) is 1.92. The van der Waals surface area contributed by atoms with Crippen molar-refractivity contribution in [3.63, 3.8) is 0 Å². The molecule has 0 bridgehead atoms. The van der Waals surface area contributed by atoms with Crippen LogP contribution in [0.25, 0.3) is 0 Å². The van der Waals surface area contributed by atoms with Crippen LogP contribution in [-0.2, 0) is 10.0 Å². The summed E-state index contributed by atoms with van der Waals surface area (Å²) in [6.45, 7) is 1.19. The second-order valence-corrected chi connectivity index (χ2v) is 5.71. The Bertz CT molecular complexity index is 487. The van der Waals surface area contributed by atoms with Gasteiger partial charge in [0.15, 0.2) is 0 Å². The van der Waals surface area contributed by atoms with E-state index < -0.39 is 10.0 Å². The van der Waals surface area contributed by atoms with Crippen LogP contribution in [0.15, 0.2) is 28.0 Å². The van der Waals surface area contributed by atoms with Gasteiger partial charge in [0.1, 0.15) is 0 Å². The molecule has 0 radical (unpaired) electrons. The number of pyridine rings is 1. The van der Waals surface area contributed by atoms with Crippen LogP contribution in [0.3, 0.4) is 0 Å². The minimum Gasteiger partial charge on any atom is -0.328 e. The molecule has 0 amide bonds. The number of hydrogen-bond donors (Lipinski definition) is 2. The Morgan fingerprint density at radius 2 is 2.06 bits per heavy atom. The maximum absolute atomic E-state index is 11.7. The molecule has 0 atom stereocenters. The summed E-state index contributed by atoms with van der Waals surface area (Å²) < 4.78 is 26.0. The van der Waals surface area contributed by atoms with E-state index in [2.05, 4.69) is 9.71 Å². The summed E-state index contributed by atoms with van der Waals surface area (Å²) in [4.78, 5) is 15.2. The molecule has 0 saturated heterocycles. The Morgan fingerprint density at radius 1 is 1.35 bits per heavy atom. The highest BCUT2D eigenvalue weighted by Crippen LogP contribution is 2.03. The standard InChI is InChI=1S/C10H17N3O3S/c1-13(2)7-3-6-12-17(15,16)9-4-5-10(14)11-8-9/h4-5,8,12H,3,6-7H2,1-2H3,(H,11,14). The maximum atomic E-state index is 11.7. The summed E-state index contributed by atoms with van der Waals surface area (Å²) in [6, 6.07) is 2.47. The zero-order chi connectivity index (χ0) is 12.9. The highest BCUT2D eigenvalue weighted by Gasteiger charge is 2.12. The van der Waals surface area contributed by atoms with E-state index in [1.54, 1.807) is 0 Å². The van der Waals surface area contributed by atoms with Crippen LogP contribution in [0, 0.1) is 0 Å². The summed E-state index contributed by atoms with van der Waals surface area (Å²) in [7, 11) is 0.340. The van der Waals surface area contributed by atoms with Crippen molar-refractivity contribution >= 4 is 10.0 Å². The molecule has 0 unspecified atom stereocenters. The molecule has 96 valence electrons. The normalized spacial score (nSPS) is 11.9. The van der Waals surface area contributed by atoms with Crippen molar-refractivity contribution in [1.82, 2.24) is 14.6 Å². The smallest absolute Gasteiger partial charge is 0.247 e. The number of aromatic nitrogens is 1. The lowest BCUT2D eigenvalue weighted by atomic mass is 10.4. The third kappa shape index (κ3) is 4.68. The van der Waals surface area contributed by atoms with Gasteiger partial charge in [-0.15, -0.1) is 0 Å². The van der Waals surface area contributed by atoms with Crippen LogP contribution in [-0.4, -0.2) is 45.5 Å². The van der Waals surface area contributed by atoms with Gasteiger partial charge in [0.25, 0.3) is 0 Å². The van der Waals surface area contributed by atoms with Crippen molar-refractivity contribution < 1.29 is 8.42 Å². The molecule has 1 rings (SSSR count). The van der Waals surface area contributed by atoms with Gasteiger partial charge in [0.05, 0.1) is 4.90 Å². The second-order valence-electron chi connectivity index (χ2n) is 3.94. The highest BCUT2D eigenvalue weighted by atomic mass is 32.2. The molecule has 0 saturated carbocycles.